The summed E-state index contributed by atoms with van der Waals surface area (Å²) in [7, 11) is 0. The van der Waals surface area contributed by atoms with Gasteiger partial charge >= 0.3 is 0 Å². The Morgan fingerprint density at radius 2 is 1.86 bits per heavy atom. The molecule has 4 saturated heterocycles. The lowest BCUT2D eigenvalue weighted by atomic mass is 9.73. The lowest BCUT2D eigenvalue weighted by Gasteiger charge is -2.52. The summed E-state index contributed by atoms with van der Waals surface area (Å²) >= 11 is 0. The average Bonchev–Trinajstić information content (AvgIpc) is 3.59. The second-order valence-corrected chi connectivity index (χ2v) is 13.1. The molecule has 4 fully saturated rings. The van der Waals surface area contributed by atoms with Gasteiger partial charge in [0.25, 0.3) is 5.91 Å². The molecule has 0 saturated carbocycles. The van der Waals surface area contributed by atoms with Gasteiger partial charge in [-0.3, -0.25) is 24.6 Å². The molecule has 3 amide bonds. The van der Waals surface area contributed by atoms with Gasteiger partial charge in [0, 0.05) is 75.3 Å². The topological polar surface area (TPSA) is 104 Å². The monoisotopic (exact) mass is 595 g/mol. The van der Waals surface area contributed by atoms with E-state index in [4.69, 9.17) is 14.5 Å². The highest BCUT2D eigenvalue weighted by molar-refractivity contribution is 6.05. The molecule has 3 aromatic rings. The van der Waals surface area contributed by atoms with E-state index in [1.165, 1.54) is 10.9 Å². The number of benzene rings is 2. The van der Waals surface area contributed by atoms with E-state index in [1.807, 2.05) is 12.1 Å². The second kappa shape index (κ2) is 10.9. The number of anilines is 1. The van der Waals surface area contributed by atoms with Crippen LogP contribution in [0.3, 0.4) is 0 Å². The Bertz CT molecular complexity index is 1640. The van der Waals surface area contributed by atoms with Crippen molar-refractivity contribution in [2.75, 3.05) is 44.3 Å². The number of pyridine rings is 1. The van der Waals surface area contributed by atoms with Gasteiger partial charge in [0.05, 0.1) is 5.52 Å². The van der Waals surface area contributed by atoms with Gasteiger partial charge in [0.2, 0.25) is 11.8 Å². The maximum absolute atomic E-state index is 13.0. The number of hydrogen-bond acceptors (Lipinski definition) is 8. The zero-order chi connectivity index (χ0) is 29.8. The van der Waals surface area contributed by atoms with Crippen molar-refractivity contribution in [3.05, 3.63) is 65.2 Å². The molecule has 5 aliphatic heterocycles. The Balaban J connectivity index is 0.864. The van der Waals surface area contributed by atoms with Crippen molar-refractivity contribution >= 4 is 34.4 Å². The molecule has 0 aliphatic carbocycles. The van der Waals surface area contributed by atoms with Crippen LogP contribution in [0.2, 0.25) is 0 Å². The summed E-state index contributed by atoms with van der Waals surface area (Å²) in [5, 5.41) is 3.52. The third-order valence-corrected chi connectivity index (χ3v) is 10.1. The Kier molecular flexibility index (Phi) is 6.79. The molecule has 5 aliphatic rings. The minimum atomic E-state index is -0.612. The lowest BCUT2D eigenvalue weighted by molar-refractivity contribution is -0.136. The number of nitrogens with one attached hydrogen (secondary N) is 1. The molecule has 10 heteroatoms. The fraction of sp³-hybridized carbons (Fsp3) is 0.471. The van der Waals surface area contributed by atoms with Crippen molar-refractivity contribution in [2.45, 2.75) is 57.3 Å². The minimum absolute atomic E-state index is 0.0663. The first-order valence-electron chi connectivity index (χ1n) is 15.8. The second-order valence-electron chi connectivity index (χ2n) is 13.1. The normalized spacial score (nSPS) is 25.0. The van der Waals surface area contributed by atoms with Gasteiger partial charge in [-0.1, -0.05) is 6.07 Å². The molecule has 6 heterocycles. The summed E-state index contributed by atoms with van der Waals surface area (Å²) in [6.07, 6.45) is 3.91. The number of aromatic nitrogens is 1. The Morgan fingerprint density at radius 1 is 1.00 bits per heavy atom. The SMILES string of the molecule is O=C1CCC(N2Cc3cc(OC4CCN(Cc5ccc6nc(N7CC8(CCOCC8)C7)ccc6c5)C4)ccc3C2=O)C(=O)N1. The van der Waals surface area contributed by atoms with Gasteiger partial charge in [-0.05, 0) is 79.3 Å². The maximum Gasteiger partial charge on any atom is 0.255 e. The van der Waals surface area contributed by atoms with Crippen LogP contribution < -0.4 is 15.0 Å². The van der Waals surface area contributed by atoms with E-state index in [2.05, 4.69) is 45.4 Å². The van der Waals surface area contributed by atoms with Crippen LogP contribution in [0.25, 0.3) is 10.9 Å². The maximum atomic E-state index is 13.0. The van der Waals surface area contributed by atoms with Crippen molar-refractivity contribution < 1.29 is 23.9 Å². The first kappa shape index (κ1) is 27.5. The highest BCUT2D eigenvalue weighted by Gasteiger charge is 2.44. The number of rotatable bonds is 6. The number of carbonyl (C=O) groups is 3. The molecule has 1 spiro atoms. The number of hydrogen-bond donors (Lipinski definition) is 1. The van der Waals surface area contributed by atoms with Crippen molar-refractivity contribution in [2.24, 2.45) is 5.41 Å². The van der Waals surface area contributed by atoms with Crippen LogP contribution in [0.1, 0.15) is 53.6 Å². The molecule has 8 rings (SSSR count). The van der Waals surface area contributed by atoms with Crippen LogP contribution in [0.15, 0.2) is 48.5 Å². The highest BCUT2D eigenvalue weighted by Crippen LogP contribution is 2.42. The molecule has 0 radical (unpaired) electrons. The van der Waals surface area contributed by atoms with E-state index in [1.54, 1.807) is 11.0 Å². The zero-order valence-electron chi connectivity index (χ0n) is 24.8. The number of imide groups is 1. The van der Waals surface area contributed by atoms with Crippen LogP contribution in [0.5, 0.6) is 5.75 Å². The van der Waals surface area contributed by atoms with Gasteiger partial charge in [-0.2, -0.15) is 0 Å². The zero-order valence-corrected chi connectivity index (χ0v) is 24.8. The number of nitrogens with zero attached hydrogens (tertiary/aromatic N) is 4. The smallest absolute Gasteiger partial charge is 0.255 e. The molecular formula is C34H37N5O5. The van der Waals surface area contributed by atoms with Crippen molar-refractivity contribution in [1.82, 2.24) is 20.1 Å². The van der Waals surface area contributed by atoms with Crippen LogP contribution in [0.4, 0.5) is 5.82 Å². The van der Waals surface area contributed by atoms with Crippen molar-refractivity contribution in [3.63, 3.8) is 0 Å². The van der Waals surface area contributed by atoms with Crippen LogP contribution in [0, 0.1) is 5.41 Å². The largest absolute Gasteiger partial charge is 0.489 e. The van der Waals surface area contributed by atoms with E-state index in [0.717, 1.165) is 87.8 Å². The predicted molar refractivity (Wildman–Crippen MR) is 163 cm³/mol. The number of piperidine rings is 1. The molecule has 2 atom stereocenters. The molecule has 10 nitrogen and oxygen atoms in total. The van der Waals surface area contributed by atoms with Gasteiger partial charge in [-0.25, -0.2) is 4.98 Å². The van der Waals surface area contributed by atoms with Crippen molar-refractivity contribution in [3.8, 4) is 5.75 Å². The first-order chi connectivity index (χ1) is 21.4. The third-order valence-electron chi connectivity index (χ3n) is 10.1. The summed E-state index contributed by atoms with van der Waals surface area (Å²) in [6, 6.07) is 15.9. The van der Waals surface area contributed by atoms with E-state index in [0.29, 0.717) is 23.9 Å². The molecule has 2 unspecified atom stereocenters. The molecule has 0 bridgehead atoms. The summed E-state index contributed by atoms with van der Waals surface area (Å²) < 4.78 is 11.9. The summed E-state index contributed by atoms with van der Waals surface area (Å²) in [6.45, 7) is 6.91. The number of likely N-dealkylation sites (tertiary alicyclic amines) is 1. The molecule has 44 heavy (non-hydrogen) atoms. The van der Waals surface area contributed by atoms with Gasteiger partial charge < -0.3 is 19.3 Å². The van der Waals surface area contributed by atoms with Gasteiger partial charge in [0.15, 0.2) is 0 Å². The predicted octanol–water partition coefficient (Wildman–Crippen LogP) is 3.27. The van der Waals surface area contributed by atoms with Crippen LogP contribution >= 0.6 is 0 Å². The Morgan fingerprint density at radius 3 is 2.70 bits per heavy atom. The number of carbonyl (C=O) groups excluding carboxylic acids is 3. The first-order valence-corrected chi connectivity index (χ1v) is 15.8. The fourth-order valence-corrected chi connectivity index (χ4v) is 7.60. The molecule has 228 valence electrons. The lowest BCUT2D eigenvalue weighted by Crippen LogP contribution is -2.58. The average molecular weight is 596 g/mol. The van der Waals surface area contributed by atoms with Gasteiger partial charge in [0.1, 0.15) is 23.7 Å². The highest BCUT2D eigenvalue weighted by atomic mass is 16.5. The Labute approximate surface area is 256 Å². The van der Waals surface area contributed by atoms with Crippen molar-refractivity contribution in [1.29, 1.82) is 0 Å². The number of ether oxygens (including phenoxy) is 2. The van der Waals surface area contributed by atoms with Gasteiger partial charge in [-0.15, -0.1) is 0 Å². The summed E-state index contributed by atoms with van der Waals surface area (Å²) in [5.41, 5.74) is 4.18. The van der Waals surface area contributed by atoms with E-state index < -0.39 is 11.9 Å². The fourth-order valence-electron chi connectivity index (χ4n) is 7.60. The Hall–Kier alpha value is -4.02. The molecule has 1 N–H and O–H groups in total. The molecule has 1 aromatic heterocycles. The standard InChI is InChI=1S/C34H37N5O5/c40-31-8-6-29(32(41)36-31)39-18-24-16-25(3-4-27(24)33(39)42)44-26-9-12-37(19-26)17-22-1-5-28-23(15-22)2-7-30(35-28)38-20-34(21-38)10-13-43-14-11-34/h1-5,7,15-16,26,29H,6,8-14,17-21H2,(H,36,40,41). The third kappa shape index (κ3) is 5.09. The molecule has 2 aromatic carbocycles. The quantitative estimate of drug-likeness (QED) is 0.434. The number of amides is 3. The summed E-state index contributed by atoms with van der Waals surface area (Å²) in [4.78, 5) is 48.3. The van der Waals surface area contributed by atoms with Crippen LogP contribution in [-0.4, -0.2) is 84.0 Å². The van der Waals surface area contributed by atoms with E-state index in [9.17, 15) is 14.4 Å². The number of fused-ring (bicyclic) bond motifs is 2. The van der Waals surface area contributed by atoms with E-state index >= 15 is 0 Å². The van der Waals surface area contributed by atoms with E-state index in [-0.39, 0.29) is 24.3 Å². The van der Waals surface area contributed by atoms with Crippen LogP contribution in [-0.2, 0) is 27.4 Å². The summed E-state index contributed by atoms with van der Waals surface area (Å²) in [5.74, 6) is 0.966. The molecular weight excluding hydrogens is 558 g/mol. The minimum Gasteiger partial charge on any atom is -0.489 e.